The third kappa shape index (κ3) is 6.18. The van der Waals surface area contributed by atoms with Gasteiger partial charge in [-0.15, -0.1) is 0 Å². The van der Waals surface area contributed by atoms with Gasteiger partial charge in [0.2, 0.25) is 5.75 Å². The van der Waals surface area contributed by atoms with Crippen LogP contribution in [-0.2, 0) is 6.61 Å². The van der Waals surface area contributed by atoms with Gasteiger partial charge in [-0.25, -0.2) is 9.78 Å². The Balaban J connectivity index is 1.76. The van der Waals surface area contributed by atoms with Crippen molar-refractivity contribution >= 4 is 44.7 Å². The normalized spacial score (nSPS) is 11.3. The second-order valence-corrected chi connectivity index (χ2v) is 9.91. The topological polar surface area (TPSA) is 146 Å². The summed E-state index contributed by atoms with van der Waals surface area (Å²) < 4.78 is 13.3. The summed E-state index contributed by atoms with van der Waals surface area (Å²) in [5.74, 6) is -0.812. The lowest BCUT2D eigenvalue weighted by Crippen LogP contribution is -2.23. The Morgan fingerprint density at radius 3 is 2.65 bits per heavy atom. The highest BCUT2D eigenvalue weighted by molar-refractivity contribution is 9.10. The molecule has 0 spiro atoms. The molecule has 0 unspecified atom stereocenters. The van der Waals surface area contributed by atoms with E-state index >= 15 is 0 Å². The summed E-state index contributed by atoms with van der Waals surface area (Å²) >= 11 is 3.37. The molecule has 0 saturated heterocycles. The quantitative estimate of drug-likeness (QED) is 0.136. The first kappa shape index (κ1) is 28.4. The minimum Gasteiger partial charge on any atom is -0.490 e. The number of hydrogen-bond donors (Lipinski definition) is 1. The Hall–Kier alpha value is -4.58. The molecule has 11 nitrogen and oxygen atoms in total. The zero-order chi connectivity index (χ0) is 29.0. The minimum absolute atomic E-state index is 0.0683. The maximum absolute atomic E-state index is 13.3. The van der Waals surface area contributed by atoms with E-state index in [4.69, 9.17) is 9.47 Å². The Morgan fingerprint density at radius 2 is 1.98 bits per heavy atom. The summed E-state index contributed by atoms with van der Waals surface area (Å²) in [7, 11) is 0. The SMILES string of the molecule is CCOc1cc(C=Nn2c(C(C)C)nc3ccc(Br)cc3c2=O)cc([N+](=O)[O-])c1OCc1cccc(C(=O)O)c1. The van der Waals surface area contributed by atoms with Crippen molar-refractivity contribution in [3.05, 3.63) is 102 Å². The molecule has 0 aliphatic rings. The molecule has 0 bridgehead atoms. The molecule has 4 aromatic rings. The van der Waals surface area contributed by atoms with Gasteiger partial charge < -0.3 is 14.6 Å². The predicted molar refractivity (Wildman–Crippen MR) is 153 cm³/mol. The van der Waals surface area contributed by atoms with E-state index in [1.807, 2.05) is 13.8 Å². The minimum atomic E-state index is -1.10. The van der Waals surface area contributed by atoms with Crippen molar-refractivity contribution in [3.8, 4) is 11.5 Å². The first-order valence-electron chi connectivity index (χ1n) is 12.3. The molecule has 4 rings (SSSR count). The first-order valence-corrected chi connectivity index (χ1v) is 13.0. The Bertz CT molecular complexity index is 1700. The van der Waals surface area contributed by atoms with Crippen LogP contribution in [0.4, 0.5) is 5.69 Å². The van der Waals surface area contributed by atoms with Crippen LogP contribution in [0.5, 0.6) is 11.5 Å². The average molecular weight is 609 g/mol. The number of benzene rings is 3. The Labute approximate surface area is 237 Å². The van der Waals surface area contributed by atoms with Crippen LogP contribution in [0.15, 0.2) is 69.0 Å². The lowest BCUT2D eigenvalue weighted by Gasteiger charge is -2.14. The van der Waals surface area contributed by atoms with Gasteiger partial charge in [-0.05, 0) is 48.9 Å². The molecule has 0 atom stereocenters. The monoisotopic (exact) mass is 608 g/mol. The molecule has 0 fully saturated rings. The van der Waals surface area contributed by atoms with Crippen LogP contribution in [0, 0.1) is 10.1 Å². The van der Waals surface area contributed by atoms with Gasteiger partial charge in [-0.2, -0.15) is 9.78 Å². The molecule has 0 saturated carbocycles. The van der Waals surface area contributed by atoms with E-state index < -0.39 is 10.9 Å². The first-order chi connectivity index (χ1) is 19.1. The maximum Gasteiger partial charge on any atom is 0.335 e. The third-order valence-corrected chi connectivity index (χ3v) is 6.28. The standard InChI is InChI=1S/C28H25BrN4O7/c1-4-39-24-12-18(11-23(33(37)38)25(24)40-15-17-6-5-7-19(10-17)28(35)36)14-30-32-26(16(2)3)31-22-9-8-20(29)13-21(22)27(32)34/h5-14,16H,4,15H2,1-3H3,(H,35,36). The van der Waals surface area contributed by atoms with E-state index in [1.165, 1.54) is 35.2 Å². The summed E-state index contributed by atoms with van der Waals surface area (Å²) in [6.45, 7) is 5.56. The molecule has 0 amide bonds. The number of halogens is 1. The van der Waals surface area contributed by atoms with Crippen LogP contribution in [-0.4, -0.2) is 38.5 Å². The van der Waals surface area contributed by atoms with E-state index in [0.717, 1.165) is 0 Å². The van der Waals surface area contributed by atoms with Crippen LogP contribution in [0.25, 0.3) is 10.9 Å². The predicted octanol–water partition coefficient (Wildman–Crippen LogP) is 5.75. The number of aromatic nitrogens is 2. The summed E-state index contributed by atoms with van der Waals surface area (Å²) in [6.07, 6.45) is 1.33. The van der Waals surface area contributed by atoms with Crippen molar-refractivity contribution in [3.63, 3.8) is 0 Å². The van der Waals surface area contributed by atoms with Crippen molar-refractivity contribution < 1.29 is 24.3 Å². The van der Waals surface area contributed by atoms with Gasteiger partial charge in [0.1, 0.15) is 12.4 Å². The number of ether oxygens (including phenoxy) is 2. The Morgan fingerprint density at radius 1 is 1.20 bits per heavy atom. The zero-order valence-corrected chi connectivity index (χ0v) is 23.4. The van der Waals surface area contributed by atoms with Gasteiger partial charge in [-0.1, -0.05) is 41.9 Å². The van der Waals surface area contributed by atoms with E-state index in [1.54, 1.807) is 37.3 Å². The maximum atomic E-state index is 13.3. The van der Waals surface area contributed by atoms with Crippen molar-refractivity contribution in [2.45, 2.75) is 33.3 Å². The summed E-state index contributed by atoms with van der Waals surface area (Å²) in [5, 5.41) is 26.0. The van der Waals surface area contributed by atoms with Gasteiger partial charge in [0.25, 0.3) is 5.56 Å². The summed E-state index contributed by atoms with van der Waals surface area (Å²) in [6, 6.07) is 14.1. The average Bonchev–Trinajstić information content (AvgIpc) is 2.92. The molecule has 1 N–H and O–H groups in total. The van der Waals surface area contributed by atoms with Crippen LogP contribution >= 0.6 is 15.9 Å². The number of rotatable bonds is 10. The van der Waals surface area contributed by atoms with Gasteiger partial charge in [0.15, 0.2) is 5.75 Å². The van der Waals surface area contributed by atoms with E-state index in [2.05, 4.69) is 26.0 Å². The van der Waals surface area contributed by atoms with Gasteiger partial charge in [0.05, 0.1) is 34.2 Å². The van der Waals surface area contributed by atoms with Crippen molar-refractivity contribution in [2.75, 3.05) is 6.61 Å². The zero-order valence-electron chi connectivity index (χ0n) is 21.8. The number of nitro benzene ring substituents is 1. The van der Waals surface area contributed by atoms with Crippen LogP contribution in [0.3, 0.4) is 0 Å². The van der Waals surface area contributed by atoms with Gasteiger partial charge in [-0.3, -0.25) is 14.9 Å². The van der Waals surface area contributed by atoms with E-state index in [0.29, 0.717) is 32.3 Å². The molecule has 1 aromatic heterocycles. The fourth-order valence-electron chi connectivity index (χ4n) is 3.95. The van der Waals surface area contributed by atoms with Crippen molar-refractivity contribution in [1.29, 1.82) is 0 Å². The highest BCUT2D eigenvalue weighted by Crippen LogP contribution is 2.39. The fourth-order valence-corrected chi connectivity index (χ4v) is 4.31. The number of carboxylic acid groups (broad SMARTS) is 1. The summed E-state index contributed by atoms with van der Waals surface area (Å²) in [5.41, 5.74) is 0.657. The lowest BCUT2D eigenvalue weighted by atomic mass is 10.1. The molecule has 0 aliphatic heterocycles. The molecule has 0 aliphatic carbocycles. The molecule has 206 valence electrons. The number of nitro groups is 1. The number of carbonyl (C=O) groups is 1. The molecular formula is C28H25BrN4O7. The highest BCUT2D eigenvalue weighted by atomic mass is 79.9. The fraction of sp³-hybridized carbons (Fsp3) is 0.214. The van der Waals surface area contributed by atoms with E-state index in [9.17, 15) is 24.8 Å². The largest absolute Gasteiger partial charge is 0.490 e. The molecule has 3 aromatic carbocycles. The van der Waals surface area contributed by atoms with Crippen LogP contribution < -0.4 is 15.0 Å². The molecule has 1 heterocycles. The number of fused-ring (bicyclic) bond motifs is 1. The van der Waals surface area contributed by atoms with Gasteiger partial charge in [0, 0.05) is 22.0 Å². The summed E-state index contributed by atoms with van der Waals surface area (Å²) in [4.78, 5) is 40.6. The molecule has 12 heteroatoms. The molecule has 0 radical (unpaired) electrons. The van der Waals surface area contributed by atoms with Crippen molar-refractivity contribution in [2.24, 2.45) is 5.10 Å². The van der Waals surface area contributed by atoms with Gasteiger partial charge >= 0.3 is 11.7 Å². The Kier molecular flexibility index (Phi) is 8.58. The second kappa shape index (κ2) is 12.1. The second-order valence-electron chi connectivity index (χ2n) is 9.00. The number of aromatic carboxylic acids is 1. The number of carboxylic acids is 1. The number of hydrogen-bond acceptors (Lipinski definition) is 8. The van der Waals surface area contributed by atoms with E-state index in [-0.39, 0.29) is 47.4 Å². The van der Waals surface area contributed by atoms with Crippen LogP contribution in [0.2, 0.25) is 0 Å². The van der Waals surface area contributed by atoms with Crippen LogP contribution in [0.1, 0.15) is 54.0 Å². The lowest BCUT2D eigenvalue weighted by molar-refractivity contribution is -0.386. The van der Waals surface area contributed by atoms with Crippen molar-refractivity contribution in [1.82, 2.24) is 9.66 Å². The highest BCUT2D eigenvalue weighted by Gasteiger charge is 2.23. The molecular weight excluding hydrogens is 584 g/mol. The smallest absolute Gasteiger partial charge is 0.335 e. The number of nitrogens with zero attached hydrogens (tertiary/aromatic N) is 4. The molecule has 40 heavy (non-hydrogen) atoms. The third-order valence-electron chi connectivity index (χ3n) is 5.78.